The third-order valence-electron chi connectivity index (χ3n) is 5.38. The molecule has 1 aliphatic heterocycles. The number of amides is 1. The van der Waals surface area contributed by atoms with E-state index in [1.807, 2.05) is 7.05 Å². The molecule has 8 heteroatoms. The molecule has 1 aliphatic carbocycles. The lowest BCUT2D eigenvalue weighted by Gasteiger charge is -2.31. The molecule has 0 bridgehead atoms. The summed E-state index contributed by atoms with van der Waals surface area (Å²) < 4.78 is 28.8. The van der Waals surface area contributed by atoms with Gasteiger partial charge in [0, 0.05) is 45.7 Å². The first kappa shape index (κ1) is 16.4. The fourth-order valence-electron chi connectivity index (χ4n) is 4.02. The topological polar surface area (TPSA) is 75.5 Å². The van der Waals surface area contributed by atoms with E-state index in [2.05, 4.69) is 5.10 Å². The molecular weight excluding hydrogens is 316 g/mol. The van der Waals surface area contributed by atoms with Crippen molar-refractivity contribution in [1.29, 1.82) is 0 Å². The van der Waals surface area contributed by atoms with E-state index in [4.69, 9.17) is 0 Å². The summed E-state index contributed by atoms with van der Waals surface area (Å²) in [5.74, 6) is 0.863. The highest BCUT2D eigenvalue weighted by atomic mass is 32.2. The Labute approximate surface area is 137 Å². The fourth-order valence-corrected chi connectivity index (χ4v) is 5.70. The summed E-state index contributed by atoms with van der Waals surface area (Å²) in [6.45, 7) is 2.49. The van der Waals surface area contributed by atoms with Gasteiger partial charge < -0.3 is 4.90 Å². The van der Waals surface area contributed by atoms with Gasteiger partial charge in [0.15, 0.2) is 5.03 Å². The van der Waals surface area contributed by atoms with E-state index < -0.39 is 10.0 Å². The van der Waals surface area contributed by atoms with Gasteiger partial charge in [-0.25, -0.2) is 8.42 Å². The van der Waals surface area contributed by atoms with Crippen molar-refractivity contribution in [3.63, 3.8) is 0 Å². The normalized spacial score (nSPS) is 28.5. The smallest absolute Gasteiger partial charge is 0.260 e. The molecule has 2 fully saturated rings. The Hall–Kier alpha value is -1.41. The van der Waals surface area contributed by atoms with Crippen LogP contribution in [0.25, 0.3) is 0 Å². The van der Waals surface area contributed by atoms with E-state index in [9.17, 15) is 13.2 Å². The van der Waals surface area contributed by atoms with Crippen LogP contribution < -0.4 is 0 Å². The average molecular weight is 340 g/mol. The molecule has 1 amide bonds. The number of aryl methyl sites for hydroxylation is 2. The summed E-state index contributed by atoms with van der Waals surface area (Å²) >= 11 is 0. The first-order chi connectivity index (χ1) is 10.7. The van der Waals surface area contributed by atoms with Crippen molar-refractivity contribution < 1.29 is 13.2 Å². The van der Waals surface area contributed by atoms with Crippen molar-refractivity contribution >= 4 is 15.9 Å². The van der Waals surface area contributed by atoms with Crippen LogP contribution in [0.15, 0.2) is 11.2 Å². The second-order valence-electron chi connectivity index (χ2n) is 6.90. The minimum atomic E-state index is -3.58. The number of hydrogen-bond donors (Lipinski definition) is 0. The summed E-state index contributed by atoms with van der Waals surface area (Å²) in [4.78, 5) is 13.6. The molecule has 1 saturated heterocycles. The zero-order chi connectivity index (χ0) is 16.9. The number of carbonyl (C=O) groups excluding carboxylic acids is 1. The average Bonchev–Trinajstić information content (AvgIpc) is 3.02. The van der Waals surface area contributed by atoms with Crippen LogP contribution in [0, 0.1) is 18.8 Å². The molecule has 3 atom stereocenters. The Kier molecular flexibility index (Phi) is 4.00. The second kappa shape index (κ2) is 5.59. The van der Waals surface area contributed by atoms with Crippen molar-refractivity contribution in [2.24, 2.45) is 18.9 Å². The summed E-state index contributed by atoms with van der Waals surface area (Å²) in [6.07, 6.45) is 3.69. The number of sulfonamides is 1. The molecule has 1 saturated carbocycles. The van der Waals surface area contributed by atoms with Gasteiger partial charge in [-0.2, -0.15) is 9.40 Å². The third-order valence-corrected chi connectivity index (χ3v) is 7.51. The first-order valence-electron chi connectivity index (χ1n) is 7.92. The summed E-state index contributed by atoms with van der Waals surface area (Å²) in [5.41, 5.74) is 0.657. The Morgan fingerprint density at radius 1 is 1.26 bits per heavy atom. The number of piperidine rings is 1. The maximum atomic E-state index is 12.9. The minimum absolute atomic E-state index is 0.0522. The zero-order valence-electron chi connectivity index (χ0n) is 14.1. The van der Waals surface area contributed by atoms with Crippen LogP contribution in [-0.2, 0) is 21.9 Å². The number of fused-ring (bicyclic) bond motifs is 1. The quantitative estimate of drug-likeness (QED) is 0.808. The number of hydrogen-bond acceptors (Lipinski definition) is 4. The molecule has 3 rings (SSSR count). The maximum absolute atomic E-state index is 12.9. The lowest BCUT2D eigenvalue weighted by molar-refractivity contribution is -0.134. The van der Waals surface area contributed by atoms with Crippen LogP contribution in [-0.4, -0.2) is 60.0 Å². The SMILES string of the molecule is Cc1cnn(C)c1S(=O)(=O)N(C)[C@H]1C[C@H]2CC(=O)N(C)C[C@H]2C1. The standard InChI is InChI=1S/C15H24N4O3S/c1-10-8-16-18(3)15(10)23(21,22)19(4)13-5-11-7-14(20)17(2)9-12(11)6-13/h8,11-13H,5-7,9H2,1-4H3/t11-,12+,13-/m0/s1. The Balaban J connectivity index is 1.82. The van der Waals surface area contributed by atoms with Crippen molar-refractivity contribution in [3.8, 4) is 0 Å². The van der Waals surface area contributed by atoms with Crippen LogP contribution in [0.2, 0.25) is 0 Å². The number of nitrogens with zero attached hydrogens (tertiary/aromatic N) is 4. The van der Waals surface area contributed by atoms with Crippen molar-refractivity contribution in [3.05, 3.63) is 11.8 Å². The molecule has 2 aliphatic rings. The highest BCUT2D eigenvalue weighted by Crippen LogP contribution is 2.41. The lowest BCUT2D eigenvalue weighted by atomic mass is 9.88. The van der Waals surface area contributed by atoms with Gasteiger partial charge in [-0.3, -0.25) is 9.48 Å². The van der Waals surface area contributed by atoms with Gasteiger partial charge in [0.25, 0.3) is 10.0 Å². The molecule has 1 aromatic heterocycles. The zero-order valence-corrected chi connectivity index (χ0v) is 14.9. The van der Waals surface area contributed by atoms with Crippen LogP contribution in [0.3, 0.4) is 0 Å². The predicted octanol–water partition coefficient (Wildman–Crippen LogP) is 0.606. The number of aromatic nitrogens is 2. The molecule has 0 unspecified atom stereocenters. The second-order valence-corrected chi connectivity index (χ2v) is 8.81. The number of likely N-dealkylation sites (tertiary alicyclic amines) is 1. The van der Waals surface area contributed by atoms with Gasteiger partial charge in [0.1, 0.15) is 0 Å². The van der Waals surface area contributed by atoms with Crippen LogP contribution >= 0.6 is 0 Å². The molecule has 128 valence electrons. The first-order valence-corrected chi connectivity index (χ1v) is 9.36. The molecular formula is C15H24N4O3S. The number of rotatable bonds is 3. The summed E-state index contributed by atoms with van der Waals surface area (Å²) in [6, 6.07) is -0.0522. The molecule has 0 N–H and O–H groups in total. The molecule has 23 heavy (non-hydrogen) atoms. The van der Waals surface area contributed by atoms with Gasteiger partial charge in [0.05, 0.1) is 6.20 Å². The molecule has 7 nitrogen and oxygen atoms in total. The Morgan fingerprint density at radius 3 is 2.52 bits per heavy atom. The third kappa shape index (κ3) is 2.67. The maximum Gasteiger partial charge on any atom is 0.260 e. The minimum Gasteiger partial charge on any atom is -0.345 e. The molecule has 2 heterocycles. The molecule has 0 spiro atoms. The van der Waals surface area contributed by atoms with E-state index in [1.54, 1.807) is 32.1 Å². The van der Waals surface area contributed by atoms with Gasteiger partial charge in [-0.15, -0.1) is 0 Å². The van der Waals surface area contributed by atoms with E-state index in [0.29, 0.717) is 23.8 Å². The van der Waals surface area contributed by atoms with E-state index >= 15 is 0 Å². The Bertz CT molecular complexity index is 708. The van der Waals surface area contributed by atoms with Crippen molar-refractivity contribution in [2.75, 3.05) is 20.6 Å². The highest BCUT2D eigenvalue weighted by molar-refractivity contribution is 7.89. The number of carbonyl (C=O) groups is 1. The van der Waals surface area contributed by atoms with E-state index in [1.165, 1.54) is 8.99 Å². The lowest BCUT2D eigenvalue weighted by Crippen LogP contribution is -2.40. The highest BCUT2D eigenvalue weighted by Gasteiger charge is 2.44. The van der Waals surface area contributed by atoms with Crippen LogP contribution in [0.5, 0.6) is 0 Å². The van der Waals surface area contributed by atoms with Crippen molar-refractivity contribution in [1.82, 2.24) is 19.0 Å². The van der Waals surface area contributed by atoms with E-state index in [-0.39, 0.29) is 17.0 Å². The Morgan fingerprint density at radius 2 is 1.91 bits per heavy atom. The monoisotopic (exact) mass is 340 g/mol. The van der Waals surface area contributed by atoms with Crippen LogP contribution in [0.4, 0.5) is 0 Å². The largest absolute Gasteiger partial charge is 0.345 e. The summed E-state index contributed by atoms with van der Waals surface area (Å²) in [5, 5.41) is 4.30. The van der Waals surface area contributed by atoms with Gasteiger partial charge in [0.2, 0.25) is 5.91 Å². The fraction of sp³-hybridized carbons (Fsp3) is 0.733. The van der Waals surface area contributed by atoms with Gasteiger partial charge in [-0.05, 0) is 31.6 Å². The van der Waals surface area contributed by atoms with Crippen molar-refractivity contribution in [2.45, 2.75) is 37.3 Å². The van der Waals surface area contributed by atoms with E-state index in [0.717, 1.165) is 19.4 Å². The van der Waals surface area contributed by atoms with Crippen LogP contribution in [0.1, 0.15) is 24.8 Å². The molecule has 0 aromatic carbocycles. The molecule has 1 aromatic rings. The van der Waals surface area contributed by atoms with Gasteiger partial charge >= 0.3 is 0 Å². The predicted molar refractivity (Wildman–Crippen MR) is 85.1 cm³/mol. The summed E-state index contributed by atoms with van der Waals surface area (Å²) in [7, 11) is 1.55. The van der Waals surface area contributed by atoms with Gasteiger partial charge in [-0.1, -0.05) is 0 Å². The molecule has 0 radical (unpaired) electrons.